The number of anilines is 1. The van der Waals surface area contributed by atoms with E-state index in [9.17, 15) is 0 Å². The summed E-state index contributed by atoms with van der Waals surface area (Å²) in [5, 5.41) is 0.878. The zero-order chi connectivity index (χ0) is 15.8. The minimum Gasteiger partial charge on any atom is -0.442 e. The van der Waals surface area contributed by atoms with Gasteiger partial charge in [0.05, 0.1) is 11.6 Å². The molecule has 1 unspecified atom stereocenters. The number of nitrogen functional groups attached to an aromatic ring is 1. The fraction of sp³-hybridized carbons (Fsp3) is 0.118. The fourth-order valence-electron chi connectivity index (χ4n) is 2.51. The van der Waals surface area contributed by atoms with Gasteiger partial charge in [-0.05, 0) is 11.6 Å². The Hall–Kier alpha value is -2.73. The highest BCUT2D eigenvalue weighted by atomic mass is 32.1. The van der Waals surface area contributed by atoms with Crippen molar-refractivity contribution in [2.45, 2.75) is 12.8 Å². The second kappa shape index (κ2) is 5.48. The van der Waals surface area contributed by atoms with Gasteiger partial charge in [-0.25, -0.2) is 15.0 Å². The van der Waals surface area contributed by atoms with Crippen molar-refractivity contribution in [3.05, 3.63) is 59.3 Å². The maximum atomic E-state index is 6.10. The van der Waals surface area contributed by atoms with E-state index in [0.717, 1.165) is 10.2 Å². The largest absolute Gasteiger partial charge is 0.442 e. The van der Waals surface area contributed by atoms with Crippen LogP contribution in [0.1, 0.15) is 23.3 Å². The lowest BCUT2D eigenvalue weighted by molar-refractivity contribution is 0.569. The summed E-state index contributed by atoms with van der Waals surface area (Å²) >= 11 is 1.63. The summed E-state index contributed by atoms with van der Waals surface area (Å²) in [5.41, 5.74) is 7.36. The normalized spacial score (nSPS) is 12.6. The SMILES string of the molecule is CC(c1ccccc1)c1cc2c(N)nc(-c3ncco3)nc2s1. The molecule has 3 aromatic heterocycles. The Kier molecular flexibility index (Phi) is 3.31. The smallest absolute Gasteiger partial charge is 0.264 e. The molecular weight excluding hydrogens is 308 g/mol. The maximum Gasteiger partial charge on any atom is 0.264 e. The zero-order valence-corrected chi connectivity index (χ0v) is 13.2. The number of oxazole rings is 1. The van der Waals surface area contributed by atoms with E-state index in [2.05, 4.69) is 40.1 Å². The van der Waals surface area contributed by atoms with Gasteiger partial charge in [-0.1, -0.05) is 37.3 Å². The Balaban J connectivity index is 1.80. The molecule has 1 aromatic carbocycles. The lowest BCUT2D eigenvalue weighted by Gasteiger charge is -2.08. The molecule has 1 atom stereocenters. The third-order valence-corrected chi connectivity index (χ3v) is 5.00. The number of rotatable bonds is 3. The van der Waals surface area contributed by atoms with Gasteiger partial charge in [0.1, 0.15) is 16.9 Å². The van der Waals surface area contributed by atoms with Gasteiger partial charge >= 0.3 is 0 Å². The molecule has 0 saturated carbocycles. The van der Waals surface area contributed by atoms with E-state index in [4.69, 9.17) is 10.2 Å². The van der Waals surface area contributed by atoms with Crippen molar-refractivity contribution in [1.82, 2.24) is 15.0 Å². The van der Waals surface area contributed by atoms with Gasteiger partial charge in [-0.3, -0.25) is 0 Å². The van der Waals surface area contributed by atoms with Crippen LogP contribution in [0.15, 0.2) is 53.3 Å². The van der Waals surface area contributed by atoms with Gasteiger partial charge in [0.15, 0.2) is 0 Å². The van der Waals surface area contributed by atoms with Crippen molar-refractivity contribution in [3.8, 4) is 11.7 Å². The molecule has 2 N–H and O–H groups in total. The van der Waals surface area contributed by atoms with Crippen LogP contribution in [-0.2, 0) is 0 Å². The molecule has 5 nitrogen and oxygen atoms in total. The van der Waals surface area contributed by atoms with Crippen LogP contribution in [0, 0.1) is 0 Å². The quantitative estimate of drug-likeness (QED) is 0.615. The van der Waals surface area contributed by atoms with Gasteiger partial charge in [-0.15, -0.1) is 11.3 Å². The molecule has 4 rings (SSSR count). The Bertz CT molecular complexity index is 948. The van der Waals surface area contributed by atoms with E-state index >= 15 is 0 Å². The van der Waals surface area contributed by atoms with Crippen molar-refractivity contribution in [2.24, 2.45) is 0 Å². The molecule has 0 aliphatic rings. The molecule has 4 aromatic rings. The summed E-state index contributed by atoms with van der Waals surface area (Å²) in [4.78, 5) is 15.0. The minimum atomic E-state index is 0.278. The molecule has 0 aliphatic heterocycles. The minimum absolute atomic E-state index is 0.278. The third-order valence-electron chi connectivity index (χ3n) is 3.79. The first kappa shape index (κ1) is 13.9. The van der Waals surface area contributed by atoms with Gasteiger partial charge in [0.2, 0.25) is 5.82 Å². The van der Waals surface area contributed by atoms with Crippen molar-refractivity contribution in [1.29, 1.82) is 0 Å². The number of aromatic nitrogens is 3. The average molecular weight is 322 g/mol. The van der Waals surface area contributed by atoms with Crippen LogP contribution in [0.25, 0.3) is 21.9 Å². The Morgan fingerprint density at radius 2 is 2.00 bits per heavy atom. The molecule has 0 saturated heterocycles. The molecule has 0 radical (unpaired) electrons. The molecule has 0 aliphatic carbocycles. The number of hydrogen-bond acceptors (Lipinski definition) is 6. The molecule has 6 heteroatoms. The van der Waals surface area contributed by atoms with E-state index in [1.807, 2.05) is 18.2 Å². The summed E-state index contributed by atoms with van der Waals surface area (Å²) < 4.78 is 5.26. The van der Waals surface area contributed by atoms with Crippen LogP contribution >= 0.6 is 11.3 Å². The van der Waals surface area contributed by atoms with Crippen molar-refractivity contribution in [3.63, 3.8) is 0 Å². The molecule has 0 spiro atoms. The average Bonchev–Trinajstić information content (AvgIpc) is 3.24. The highest BCUT2D eigenvalue weighted by Gasteiger charge is 2.17. The van der Waals surface area contributed by atoms with Gasteiger partial charge < -0.3 is 10.2 Å². The second-order valence-electron chi connectivity index (χ2n) is 5.27. The first-order valence-electron chi connectivity index (χ1n) is 7.24. The lowest BCUT2D eigenvalue weighted by Crippen LogP contribution is -1.96. The highest BCUT2D eigenvalue weighted by Crippen LogP contribution is 2.36. The number of fused-ring (bicyclic) bond motifs is 1. The maximum absolute atomic E-state index is 6.10. The number of hydrogen-bond donors (Lipinski definition) is 1. The molecule has 3 heterocycles. The Morgan fingerprint density at radius 1 is 1.17 bits per heavy atom. The molecule has 114 valence electrons. The van der Waals surface area contributed by atoms with Crippen LogP contribution in [-0.4, -0.2) is 15.0 Å². The van der Waals surface area contributed by atoms with Crippen molar-refractivity contribution in [2.75, 3.05) is 5.73 Å². The molecule has 23 heavy (non-hydrogen) atoms. The van der Waals surface area contributed by atoms with Crippen LogP contribution in [0.3, 0.4) is 0 Å². The fourth-order valence-corrected chi connectivity index (χ4v) is 3.63. The highest BCUT2D eigenvalue weighted by molar-refractivity contribution is 7.18. The summed E-state index contributed by atoms with van der Waals surface area (Å²) in [6.45, 7) is 2.18. The standard InChI is InChI=1S/C17H14N4OS/c1-10(11-5-3-2-4-6-11)13-9-12-14(18)20-15(21-17(12)23-13)16-19-7-8-22-16/h2-10H,1H3,(H2,18,20,21). The van der Waals surface area contributed by atoms with E-state index < -0.39 is 0 Å². The lowest BCUT2D eigenvalue weighted by atomic mass is 9.99. The van der Waals surface area contributed by atoms with Crippen LogP contribution in [0.4, 0.5) is 5.82 Å². The van der Waals surface area contributed by atoms with Crippen LogP contribution < -0.4 is 5.73 Å². The van der Waals surface area contributed by atoms with E-state index in [1.54, 1.807) is 17.5 Å². The summed E-state index contributed by atoms with van der Waals surface area (Å²) in [7, 11) is 0. The first-order valence-corrected chi connectivity index (χ1v) is 8.06. The monoisotopic (exact) mass is 322 g/mol. The summed E-state index contributed by atoms with van der Waals surface area (Å²) in [5.74, 6) is 1.52. The predicted octanol–water partition coefficient (Wildman–Crippen LogP) is 4.08. The summed E-state index contributed by atoms with van der Waals surface area (Å²) in [6.07, 6.45) is 3.06. The predicted molar refractivity (Wildman–Crippen MR) is 91.3 cm³/mol. The van der Waals surface area contributed by atoms with Crippen LogP contribution in [0.5, 0.6) is 0 Å². The van der Waals surface area contributed by atoms with E-state index in [1.165, 1.54) is 16.7 Å². The molecule has 0 fully saturated rings. The van der Waals surface area contributed by atoms with Gasteiger partial charge in [0.25, 0.3) is 5.89 Å². The number of nitrogens with zero attached hydrogens (tertiary/aromatic N) is 3. The number of thiophene rings is 1. The third kappa shape index (κ3) is 2.47. The number of benzene rings is 1. The first-order chi connectivity index (χ1) is 11.2. The number of nitrogens with two attached hydrogens (primary N) is 1. The van der Waals surface area contributed by atoms with Gasteiger partial charge in [0, 0.05) is 10.8 Å². The Labute approximate surface area is 136 Å². The molecule has 0 amide bonds. The summed E-state index contributed by atoms with van der Waals surface area (Å²) in [6, 6.07) is 12.5. The topological polar surface area (TPSA) is 77.8 Å². The van der Waals surface area contributed by atoms with E-state index in [-0.39, 0.29) is 5.92 Å². The zero-order valence-electron chi connectivity index (χ0n) is 12.4. The van der Waals surface area contributed by atoms with Gasteiger partial charge in [-0.2, -0.15) is 0 Å². The van der Waals surface area contributed by atoms with Crippen LogP contribution in [0.2, 0.25) is 0 Å². The second-order valence-corrected chi connectivity index (χ2v) is 6.33. The van der Waals surface area contributed by atoms with Crippen molar-refractivity contribution >= 4 is 27.4 Å². The van der Waals surface area contributed by atoms with E-state index in [0.29, 0.717) is 17.5 Å². The Morgan fingerprint density at radius 3 is 2.74 bits per heavy atom. The molecular formula is C17H14N4OS. The van der Waals surface area contributed by atoms with Crippen molar-refractivity contribution < 1.29 is 4.42 Å². The molecule has 0 bridgehead atoms.